The number of carbonyl (C=O) groups is 1. The van der Waals surface area contributed by atoms with Crippen molar-refractivity contribution in [3.63, 3.8) is 0 Å². The Labute approximate surface area is 88.3 Å². The van der Waals surface area contributed by atoms with E-state index in [-0.39, 0.29) is 5.92 Å². The molecule has 78 valence electrons. The average molecular weight is 204 g/mol. The lowest BCUT2D eigenvalue weighted by Gasteiger charge is -2.05. The third-order valence-electron chi connectivity index (χ3n) is 1.88. The molecule has 0 spiro atoms. The number of nitriles is 1. The first kappa shape index (κ1) is 11.1. The molecule has 0 saturated carbocycles. The van der Waals surface area contributed by atoms with Crippen molar-refractivity contribution in [3.05, 3.63) is 29.8 Å². The van der Waals surface area contributed by atoms with Crippen molar-refractivity contribution in [1.29, 1.82) is 5.26 Å². The molecule has 0 aliphatic rings. The second-order valence-corrected chi connectivity index (χ2v) is 3.30. The van der Waals surface area contributed by atoms with E-state index in [4.69, 9.17) is 15.7 Å². The number of rotatable bonds is 3. The highest BCUT2D eigenvalue weighted by Crippen LogP contribution is 2.16. The van der Waals surface area contributed by atoms with Crippen LogP contribution in [0.1, 0.15) is 12.5 Å². The molecular formula is C11H12N2O2. The fraction of sp³-hybridized carbons (Fsp3) is 0.273. The Kier molecular flexibility index (Phi) is 3.69. The van der Waals surface area contributed by atoms with Crippen LogP contribution in [-0.2, 0) is 6.42 Å². The van der Waals surface area contributed by atoms with Crippen LogP contribution in [0, 0.1) is 17.2 Å². The second kappa shape index (κ2) is 5.01. The van der Waals surface area contributed by atoms with Crippen LogP contribution in [0.4, 0.5) is 4.79 Å². The van der Waals surface area contributed by atoms with Crippen LogP contribution in [0.15, 0.2) is 24.3 Å². The van der Waals surface area contributed by atoms with Gasteiger partial charge >= 0.3 is 6.09 Å². The lowest BCUT2D eigenvalue weighted by molar-refractivity contribution is 0.211. The molecule has 0 bridgehead atoms. The summed E-state index contributed by atoms with van der Waals surface area (Å²) in [7, 11) is 0. The zero-order chi connectivity index (χ0) is 11.3. The summed E-state index contributed by atoms with van der Waals surface area (Å²) in [5.41, 5.74) is 5.84. The first-order chi connectivity index (χ1) is 7.11. The van der Waals surface area contributed by atoms with Gasteiger partial charge in [-0.2, -0.15) is 5.26 Å². The number of nitrogens with zero attached hydrogens (tertiary/aromatic N) is 1. The van der Waals surface area contributed by atoms with Gasteiger partial charge in [0, 0.05) is 5.92 Å². The molecule has 4 heteroatoms. The molecule has 1 aromatic rings. The number of ether oxygens (including phenoxy) is 1. The number of hydrogen-bond donors (Lipinski definition) is 1. The minimum Gasteiger partial charge on any atom is -0.410 e. The summed E-state index contributed by atoms with van der Waals surface area (Å²) in [4.78, 5) is 10.5. The molecule has 1 atom stereocenters. The Hall–Kier alpha value is -2.02. The fourth-order valence-electron chi connectivity index (χ4n) is 1.25. The highest BCUT2D eigenvalue weighted by molar-refractivity contribution is 5.68. The van der Waals surface area contributed by atoms with Crippen LogP contribution in [0.2, 0.25) is 0 Å². The number of hydrogen-bond acceptors (Lipinski definition) is 3. The standard InChI is InChI=1S/C11H12N2O2/c1-8(7-12)5-9-3-2-4-10(6-9)15-11(13)14/h2-4,6,8H,5H2,1H3,(H2,13,14). The van der Waals surface area contributed by atoms with Gasteiger partial charge in [-0.1, -0.05) is 12.1 Å². The SMILES string of the molecule is CC(C#N)Cc1cccc(OC(N)=O)c1. The van der Waals surface area contributed by atoms with Gasteiger partial charge in [-0.3, -0.25) is 0 Å². The summed E-state index contributed by atoms with van der Waals surface area (Å²) >= 11 is 0. The molecule has 4 nitrogen and oxygen atoms in total. The summed E-state index contributed by atoms with van der Waals surface area (Å²) in [6.45, 7) is 1.83. The average Bonchev–Trinajstić information content (AvgIpc) is 2.17. The molecule has 0 saturated heterocycles. The summed E-state index contributed by atoms with van der Waals surface area (Å²) < 4.78 is 4.73. The van der Waals surface area contributed by atoms with Gasteiger partial charge in [-0.25, -0.2) is 4.79 Å². The Morgan fingerprint density at radius 1 is 1.67 bits per heavy atom. The van der Waals surface area contributed by atoms with Crippen LogP contribution < -0.4 is 10.5 Å². The first-order valence-electron chi connectivity index (χ1n) is 4.57. The van der Waals surface area contributed by atoms with Gasteiger partial charge in [0.25, 0.3) is 0 Å². The van der Waals surface area contributed by atoms with Gasteiger partial charge in [-0.05, 0) is 31.0 Å². The van der Waals surface area contributed by atoms with Gasteiger partial charge in [-0.15, -0.1) is 0 Å². The smallest absolute Gasteiger partial charge is 0.409 e. The van der Waals surface area contributed by atoms with Crippen LogP contribution in [0.25, 0.3) is 0 Å². The summed E-state index contributed by atoms with van der Waals surface area (Å²) in [6.07, 6.45) is -0.201. The lowest BCUT2D eigenvalue weighted by atomic mass is 10.0. The van der Waals surface area contributed by atoms with E-state index >= 15 is 0 Å². The Morgan fingerprint density at radius 3 is 3.00 bits per heavy atom. The molecule has 1 aromatic carbocycles. The monoisotopic (exact) mass is 204 g/mol. The molecule has 15 heavy (non-hydrogen) atoms. The van der Waals surface area contributed by atoms with E-state index in [9.17, 15) is 4.79 Å². The number of nitrogens with two attached hydrogens (primary N) is 1. The van der Waals surface area contributed by atoms with E-state index in [2.05, 4.69) is 6.07 Å². The molecule has 0 radical (unpaired) electrons. The number of carbonyl (C=O) groups excluding carboxylic acids is 1. The van der Waals surface area contributed by atoms with Crippen molar-refractivity contribution in [2.45, 2.75) is 13.3 Å². The molecule has 0 aliphatic carbocycles. The molecule has 0 aromatic heterocycles. The van der Waals surface area contributed by atoms with Gasteiger partial charge in [0.2, 0.25) is 0 Å². The summed E-state index contributed by atoms with van der Waals surface area (Å²) in [5, 5.41) is 8.66. The van der Waals surface area contributed by atoms with Gasteiger partial charge in [0.1, 0.15) is 5.75 Å². The lowest BCUT2D eigenvalue weighted by Crippen LogP contribution is -2.16. The molecule has 1 unspecified atom stereocenters. The van der Waals surface area contributed by atoms with Crippen molar-refractivity contribution in [3.8, 4) is 11.8 Å². The quantitative estimate of drug-likeness (QED) is 0.816. The van der Waals surface area contributed by atoms with E-state index in [0.717, 1.165) is 5.56 Å². The number of amides is 1. The van der Waals surface area contributed by atoms with E-state index in [1.807, 2.05) is 13.0 Å². The second-order valence-electron chi connectivity index (χ2n) is 3.30. The van der Waals surface area contributed by atoms with Gasteiger partial charge in [0.05, 0.1) is 6.07 Å². The molecular weight excluding hydrogens is 192 g/mol. The molecule has 0 fully saturated rings. The Balaban J connectivity index is 2.75. The van der Waals surface area contributed by atoms with Crippen LogP contribution in [0.3, 0.4) is 0 Å². The normalized spacial score (nSPS) is 11.5. The van der Waals surface area contributed by atoms with E-state index in [1.165, 1.54) is 0 Å². The summed E-state index contributed by atoms with van der Waals surface area (Å²) in [5.74, 6) is 0.346. The third-order valence-corrected chi connectivity index (χ3v) is 1.88. The topological polar surface area (TPSA) is 76.1 Å². The highest BCUT2D eigenvalue weighted by atomic mass is 16.5. The molecule has 1 amide bonds. The van der Waals surface area contributed by atoms with Crippen molar-refractivity contribution in [2.24, 2.45) is 11.7 Å². The molecule has 0 heterocycles. The van der Waals surface area contributed by atoms with Gasteiger partial charge in [0.15, 0.2) is 0 Å². The van der Waals surface area contributed by atoms with Gasteiger partial charge < -0.3 is 10.5 Å². The van der Waals surface area contributed by atoms with E-state index in [0.29, 0.717) is 12.2 Å². The predicted molar refractivity (Wildman–Crippen MR) is 55.1 cm³/mol. The zero-order valence-corrected chi connectivity index (χ0v) is 8.43. The first-order valence-corrected chi connectivity index (χ1v) is 4.57. The largest absolute Gasteiger partial charge is 0.410 e. The van der Waals surface area contributed by atoms with Crippen molar-refractivity contribution in [1.82, 2.24) is 0 Å². The maximum absolute atomic E-state index is 10.5. The zero-order valence-electron chi connectivity index (χ0n) is 8.43. The van der Waals surface area contributed by atoms with Crippen molar-refractivity contribution in [2.75, 3.05) is 0 Å². The van der Waals surface area contributed by atoms with Crippen molar-refractivity contribution < 1.29 is 9.53 Å². The number of benzene rings is 1. The van der Waals surface area contributed by atoms with Crippen LogP contribution >= 0.6 is 0 Å². The molecule has 1 rings (SSSR count). The molecule has 0 aliphatic heterocycles. The minimum absolute atomic E-state index is 0.0613. The Bertz CT molecular complexity index is 396. The van der Waals surface area contributed by atoms with E-state index < -0.39 is 6.09 Å². The molecule has 2 N–H and O–H groups in total. The maximum Gasteiger partial charge on any atom is 0.409 e. The third kappa shape index (κ3) is 3.69. The van der Waals surface area contributed by atoms with Crippen LogP contribution in [-0.4, -0.2) is 6.09 Å². The fourth-order valence-corrected chi connectivity index (χ4v) is 1.25. The Morgan fingerprint density at radius 2 is 2.40 bits per heavy atom. The predicted octanol–water partition coefficient (Wildman–Crippen LogP) is 1.85. The minimum atomic E-state index is -0.833. The van der Waals surface area contributed by atoms with Crippen molar-refractivity contribution >= 4 is 6.09 Å². The highest BCUT2D eigenvalue weighted by Gasteiger charge is 2.04. The van der Waals surface area contributed by atoms with E-state index in [1.54, 1.807) is 18.2 Å². The number of primary amides is 1. The maximum atomic E-state index is 10.5. The summed E-state index contributed by atoms with van der Waals surface area (Å²) in [6, 6.07) is 9.13. The van der Waals surface area contributed by atoms with Crippen LogP contribution in [0.5, 0.6) is 5.75 Å².